The van der Waals surface area contributed by atoms with E-state index in [9.17, 15) is 0 Å². The van der Waals surface area contributed by atoms with Gasteiger partial charge in [-0.3, -0.25) is 0 Å². The first-order valence-electron chi connectivity index (χ1n) is 5.69. The maximum atomic E-state index is 9.05. The van der Waals surface area contributed by atoms with E-state index in [0.717, 1.165) is 17.1 Å². The van der Waals surface area contributed by atoms with Crippen LogP contribution in [0.25, 0.3) is 0 Å². The summed E-state index contributed by atoms with van der Waals surface area (Å²) in [5, 5.41) is 12.3. The van der Waals surface area contributed by atoms with Crippen molar-refractivity contribution in [2.24, 2.45) is 11.8 Å². The van der Waals surface area contributed by atoms with Crippen LogP contribution < -0.4 is 0 Å². The Hall–Kier alpha value is -0.880. The van der Waals surface area contributed by atoms with E-state index in [4.69, 9.17) is 5.26 Å². The van der Waals surface area contributed by atoms with Crippen molar-refractivity contribution in [2.75, 3.05) is 0 Å². The average Bonchev–Trinajstić information content (AvgIpc) is 2.61. The van der Waals surface area contributed by atoms with Gasteiger partial charge in [0.1, 0.15) is 0 Å². The summed E-state index contributed by atoms with van der Waals surface area (Å²) in [5.74, 6) is 0.478. The Labute approximate surface area is 102 Å². The van der Waals surface area contributed by atoms with Crippen LogP contribution in [0.15, 0.2) is 5.38 Å². The van der Waals surface area contributed by atoms with Crippen molar-refractivity contribution in [2.45, 2.75) is 46.5 Å². The Kier molecular flexibility index (Phi) is 4.09. The molecule has 1 atom stereocenters. The first-order chi connectivity index (χ1) is 7.34. The van der Waals surface area contributed by atoms with E-state index in [1.54, 1.807) is 11.3 Å². The second kappa shape index (κ2) is 4.97. The normalized spacial score (nSPS) is 13.8. The molecule has 0 fully saturated rings. The summed E-state index contributed by atoms with van der Waals surface area (Å²) < 4.78 is 0. The SMILES string of the molecule is CC(C)C(C#N)Cc1nc(C(C)(C)C)cs1. The number of hydrogen-bond donors (Lipinski definition) is 0. The fraction of sp³-hybridized carbons (Fsp3) is 0.692. The van der Waals surface area contributed by atoms with Gasteiger partial charge in [0.05, 0.1) is 22.7 Å². The Bertz CT molecular complexity index is 379. The molecule has 0 bridgehead atoms. The molecule has 0 aliphatic carbocycles. The van der Waals surface area contributed by atoms with Crippen LogP contribution in [0.3, 0.4) is 0 Å². The maximum Gasteiger partial charge on any atom is 0.0941 e. The molecular weight excluding hydrogens is 216 g/mol. The first kappa shape index (κ1) is 13.2. The average molecular weight is 236 g/mol. The number of hydrogen-bond acceptors (Lipinski definition) is 3. The van der Waals surface area contributed by atoms with E-state index in [0.29, 0.717) is 5.92 Å². The number of rotatable bonds is 3. The minimum atomic E-state index is 0.0824. The maximum absolute atomic E-state index is 9.05. The Morgan fingerprint density at radius 2 is 2.06 bits per heavy atom. The fourth-order valence-electron chi connectivity index (χ4n) is 1.37. The molecule has 0 saturated heterocycles. The molecule has 0 amide bonds. The molecule has 2 nitrogen and oxygen atoms in total. The third-order valence-electron chi connectivity index (χ3n) is 2.69. The molecule has 1 unspecified atom stereocenters. The zero-order valence-corrected chi connectivity index (χ0v) is 11.6. The lowest BCUT2D eigenvalue weighted by atomic mass is 9.93. The molecule has 1 heterocycles. The Balaban J connectivity index is 2.77. The van der Waals surface area contributed by atoms with E-state index in [2.05, 4.69) is 51.1 Å². The lowest BCUT2D eigenvalue weighted by Crippen LogP contribution is -2.13. The number of nitrogens with zero attached hydrogens (tertiary/aromatic N) is 2. The molecule has 0 aliphatic heterocycles. The minimum absolute atomic E-state index is 0.0824. The molecular formula is C13H20N2S. The van der Waals surface area contributed by atoms with Crippen LogP contribution in [-0.4, -0.2) is 4.98 Å². The second-order valence-electron chi connectivity index (χ2n) is 5.56. The molecule has 1 aromatic heterocycles. The van der Waals surface area contributed by atoms with Crippen LogP contribution in [0.1, 0.15) is 45.3 Å². The van der Waals surface area contributed by atoms with E-state index in [1.165, 1.54) is 0 Å². The van der Waals surface area contributed by atoms with Crippen molar-refractivity contribution in [1.29, 1.82) is 5.26 Å². The van der Waals surface area contributed by atoms with Crippen molar-refractivity contribution in [3.05, 3.63) is 16.1 Å². The molecule has 1 rings (SSSR count). The van der Waals surface area contributed by atoms with Crippen molar-refractivity contribution >= 4 is 11.3 Å². The van der Waals surface area contributed by atoms with Gasteiger partial charge < -0.3 is 0 Å². The van der Waals surface area contributed by atoms with Crippen LogP contribution in [-0.2, 0) is 11.8 Å². The molecule has 0 aromatic carbocycles. The molecule has 0 N–H and O–H groups in total. The van der Waals surface area contributed by atoms with Crippen molar-refractivity contribution in [3.8, 4) is 6.07 Å². The monoisotopic (exact) mass is 236 g/mol. The summed E-state index contributed by atoms with van der Waals surface area (Å²) in [5.41, 5.74) is 1.24. The zero-order chi connectivity index (χ0) is 12.3. The lowest BCUT2D eigenvalue weighted by Gasteiger charge is -2.14. The van der Waals surface area contributed by atoms with Gasteiger partial charge in [0.25, 0.3) is 0 Å². The highest BCUT2D eigenvalue weighted by molar-refractivity contribution is 7.09. The van der Waals surface area contributed by atoms with Crippen LogP contribution in [0.4, 0.5) is 0 Å². The third kappa shape index (κ3) is 3.31. The van der Waals surface area contributed by atoms with Gasteiger partial charge in [-0.05, 0) is 5.92 Å². The topological polar surface area (TPSA) is 36.7 Å². The molecule has 0 saturated carbocycles. The van der Waals surface area contributed by atoms with Crippen LogP contribution >= 0.6 is 11.3 Å². The van der Waals surface area contributed by atoms with Gasteiger partial charge in [-0.2, -0.15) is 5.26 Å². The number of aromatic nitrogens is 1. The van der Waals surface area contributed by atoms with Gasteiger partial charge in [-0.1, -0.05) is 34.6 Å². The molecule has 1 aromatic rings. The number of nitriles is 1. The van der Waals surface area contributed by atoms with Gasteiger partial charge >= 0.3 is 0 Å². The van der Waals surface area contributed by atoms with E-state index < -0.39 is 0 Å². The summed E-state index contributed by atoms with van der Waals surface area (Å²) in [7, 11) is 0. The summed E-state index contributed by atoms with van der Waals surface area (Å²) in [6.45, 7) is 10.7. The smallest absolute Gasteiger partial charge is 0.0941 e. The zero-order valence-electron chi connectivity index (χ0n) is 10.7. The largest absolute Gasteiger partial charge is 0.246 e. The molecule has 0 spiro atoms. The molecule has 3 heteroatoms. The number of thiazole rings is 1. The minimum Gasteiger partial charge on any atom is -0.246 e. The van der Waals surface area contributed by atoms with Crippen LogP contribution in [0, 0.1) is 23.2 Å². The molecule has 16 heavy (non-hydrogen) atoms. The van der Waals surface area contributed by atoms with Gasteiger partial charge in [0, 0.05) is 17.2 Å². The quantitative estimate of drug-likeness (QED) is 0.801. The predicted octanol–water partition coefficient (Wildman–Crippen LogP) is 3.78. The highest BCUT2D eigenvalue weighted by Gasteiger charge is 2.20. The summed E-state index contributed by atoms with van der Waals surface area (Å²) in [6.07, 6.45) is 0.787. The van der Waals surface area contributed by atoms with Crippen molar-refractivity contribution < 1.29 is 0 Å². The first-order valence-corrected chi connectivity index (χ1v) is 6.57. The second-order valence-corrected chi connectivity index (χ2v) is 6.50. The van der Waals surface area contributed by atoms with Crippen LogP contribution in [0.2, 0.25) is 0 Å². The van der Waals surface area contributed by atoms with Gasteiger partial charge in [0.15, 0.2) is 0 Å². The standard InChI is InChI=1S/C13H20N2S/c1-9(2)10(7-14)6-12-15-11(8-16-12)13(3,4)5/h8-10H,6H2,1-5H3. The third-order valence-corrected chi connectivity index (χ3v) is 3.56. The van der Waals surface area contributed by atoms with Gasteiger partial charge in [0.2, 0.25) is 0 Å². The Morgan fingerprint density at radius 1 is 1.44 bits per heavy atom. The van der Waals surface area contributed by atoms with Crippen molar-refractivity contribution in [3.63, 3.8) is 0 Å². The van der Waals surface area contributed by atoms with E-state index in [1.807, 2.05) is 0 Å². The fourth-order valence-corrected chi connectivity index (χ4v) is 2.45. The highest BCUT2D eigenvalue weighted by Crippen LogP contribution is 2.26. The van der Waals surface area contributed by atoms with Crippen molar-refractivity contribution in [1.82, 2.24) is 4.98 Å². The predicted molar refractivity (Wildman–Crippen MR) is 68.5 cm³/mol. The molecule has 88 valence electrons. The molecule has 0 aliphatic rings. The summed E-state index contributed by atoms with van der Waals surface area (Å²) in [4.78, 5) is 4.62. The van der Waals surface area contributed by atoms with Gasteiger partial charge in [-0.15, -0.1) is 11.3 Å². The lowest BCUT2D eigenvalue weighted by molar-refractivity contribution is 0.471. The van der Waals surface area contributed by atoms with E-state index in [-0.39, 0.29) is 11.3 Å². The summed E-state index contributed by atoms with van der Waals surface area (Å²) in [6, 6.07) is 2.36. The highest BCUT2D eigenvalue weighted by atomic mass is 32.1. The summed E-state index contributed by atoms with van der Waals surface area (Å²) >= 11 is 1.68. The van der Waals surface area contributed by atoms with E-state index >= 15 is 0 Å². The molecule has 0 radical (unpaired) electrons. The van der Waals surface area contributed by atoms with Crippen LogP contribution in [0.5, 0.6) is 0 Å². The van der Waals surface area contributed by atoms with Gasteiger partial charge in [-0.25, -0.2) is 4.98 Å². The Morgan fingerprint density at radius 3 is 2.44 bits per heavy atom.